The first kappa shape index (κ1) is 19.4. The van der Waals surface area contributed by atoms with Crippen LogP contribution in [-0.4, -0.2) is 46.0 Å². The van der Waals surface area contributed by atoms with Crippen molar-refractivity contribution in [1.29, 1.82) is 0 Å². The van der Waals surface area contributed by atoms with Gasteiger partial charge in [0.05, 0.1) is 27.8 Å². The normalized spacial score (nSPS) is 11.1. The molecule has 4 aromatic rings. The molecule has 13 heteroatoms. The van der Waals surface area contributed by atoms with E-state index in [0.717, 1.165) is 5.56 Å². The lowest BCUT2D eigenvalue weighted by Crippen LogP contribution is -2.08. The summed E-state index contributed by atoms with van der Waals surface area (Å²) < 4.78 is 7.99. The van der Waals surface area contributed by atoms with E-state index < -0.39 is 5.97 Å². The lowest BCUT2D eigenvalue weighted by atomic mass is 10.2. The van der Waals surface area contributed by atoms with E-state index in [-0.39, 0.29) is 18.3 Å². The third-order valence-corrected chi connectivity index (χ3v) is 4.94. The molecule has 0 unspecified atom stereocenters. The molecule has 0 fully saturated rings. The molecule has 3 heterocycles. The molecule has 0 spiro atoms. The molecule has 0 saturated heterocycles. The highest BCUT2D eigenvalue weighted by Gasteiger charge is 2.16. The van der Waals surface area contributed by atoms with Crippen LogP contribution < -0.4 is 0 Å². The van der Waals surface area contributed by atoms with Crippen LogP contribution in [0.4, 0.5) is 0 Å². The third kappa shape index (κ3) is 4.24. The van der Waals surface area contributed by atoms with Gasteiger partial charge in [-0.2, -0.15) is 10.1 Å². The molecule has 1 aromatic carbocycles. The van der Waals surface area contributed by atoms with E-state index in [4.69, 9.17) is 44.4 Å². The second-order valence-electron chi connectivity index (χ2n) is 5.89. The van der Waals surface area contributed by atoms with Gasteiger partial charge in [-0.1, -0.05) is 45.2 Å². The molecule has 1 N–H and O–H groups in total. The highest BCUT2D eigenvalue weighted by molar-refractivity contribution is 6.48. The van der Waals surface area contributed by atoms with Gasteiger partial charge in [0.15, 0.2) is 11.4 Å². The second-order valence-corrected chi connectivity index (χ2v) is 7.08. The molecule has 4 rings (SSSR count). The van der Waals surface area contributed by atoms with E-state index in [1.165, 1.54) is 10.9 Å². The Hall–Kier alpha value is -2.95. The van der Waals surface area contributed by atoms with Gasteiger partial charge in [-0.15, -0.1) is 5.10 Å². The molecule has 29 heavy (non-hydrogen) atoms. The van der Waals surface area contributed by atoms with Gasteiger partial charge in [0.1, 0.15) is 6.54 Å². The van der Waals surface area contributed by atoms with Gasteiger partial charge in [-0.05, 0) is 23.8 Å². The van der Waals surface area contributed by atoms with Gasteiger partial charge in [0, 0.05) is 6.20 Å². The van der Waals surface area contributed by atoms with Crippen LogP contribution >= 0.6 is 34.8 Å². The minimum atomic E-state index is -1.01. The Balaban J connectivity index is 1.52. The minimum Gasteiger partial charge on any atom is -0.480 e. The topological polar surface area (TPSA) is 125 Å². The molecule has 0 atom stereocenters. The molecule has 0 aliphatic heterocycles. The summed E-state index contributed by atoms with van der Waals surface area (Å²) in [5.74, 6) is -0.660. The molecule has 0 aliphatic rings. The van der Waals surface area contributed by atoms with E-state index in [0.29, 0.717) is 33.0 Å². The Kier molecular flexibility index (Phi) is 5.22. The summed E-state index contributed by atoms with van der Waals surface area (Å²) in [6.07, 6.45) is 3.14. The van der Waals surface area contributed by atoms with Gasteiger partial charge in [0.25, 0.3) is 5.89 Å². The number of nitrogens with zero attached hydrogens (tertiary/aromatic N) is 7. The van der Waals surface area contributed by atoms with E-state index in [1.807, 2.05) is 0 Å². The Morgan fingerprint density at radius 3 is 2.62 bits per heavy atom. The summed E-state index contributed by atoms with van der Waals surface area (Å²) >= 11 is 18.0. The number of hydrogen-bond donors (Lipinski definition) is 1. The molecule has 0 amide bonds. The van der Waals surface area contributed by atoms with Gasteiger partial charge >= 0.3 is 5.97 Å². The number of carbonyl (C=O) groups is 1. The average molecular weight is 455 g/mol. The first-order chi connectivity index (χ1) is 13.9. The maximum Gasteiger partial charge on any atom is 0.325 e. The van der Waals surface area contributed by atoms with Crippen molar-refractivity contribution in [2.75, 3.05) is 0 Å². The Bertz CT molecular complexity index is 1180. The Labute approximate surface area is 177 Å². The van der Waals surface area contributed by atoms with E-state index in [2.05, 4.69) is 25.6 Å². The summed E-state index contributed by atoms with van der Waals surface area (Å²) in [5, 5.41) is 25.8. The van der Waals surface area contributed by atoms with Gasteiger partial charge in [-0.25, -0.2) is 4.68 Å². The fraction of sp³-hybridized carbons (Fsp3) is 0.125. The molecular formula is C16H10Cl3N7O3. The van der Waals surface area contributed by atoms with Crippen molar-refractivity contribution in [2.24, 2.45) is 0 Å². The van der Waals surface area contributed by atoms with Crippen molar-refractivity contribution >= 4 is 40.8 Å². The smallest absolute Gasteiger partial charge is 0.325 e. The zero-order valence-electron chi connectivity index (χ0n) is 14.3. The Morgan fingerprint density at radius 1 is 1.14 bits per heavy atom. The zero-order valence-corrected chi connectivity index (χ0v) is 16.6. The lowest BCUT2D eigenvalue weighted by molar-refractivity contribution is -0.137. The largest absolute Gasteiger partial charge is 0.480 e. The van der Waals surface area contributed by atoms with E-state index in [9.17, 15) is 4.79 Å². The van der Waals surface area contributed by atoms with Crippen LogP contribution in [0.2, 0.25) is 15.1 Å². The van der Waals surface area contributed by atoms with Gasteiger partial charge in [0.2, 0.25) is 5.82 Å². The van der Waals surface area contributed by atoms with Crippen LogP contribution in [0.25, 0.3) is 23.1 Å². The summed E-state index contributed by atoms with van der Waals surface area (Å²) in [7, 11) is 0. The van der Waals surface area contributed by atoms with Gasteiger partial charge < -0.3 is 9.63 Å². The standard InChI is InChI=1S/C16H10Cl3N7O3/c17-9-3-8(4-10(18)14(9)19)5-26-6-12(21-24-26)15-20-16(29-23-15)11-1-2-25(22-11)7-13(27)28/h1-4,6H,5,7H2,(H,27,28). The van der Waals surface area contributed by atoms with Gasteiger partial charge in [-0.3, -0.25) is 9.48 Å². The fourth-order valence-corrected chi connectivity index (χ4v) is 3.14. The number of carboxylic acids is 1. The molecule has 0 bridgehead atoms. The van der Waals surface area contributed by atoms with E-state index >= 15 is 0 Å². The van der Waals surface area contributed by atoms with Crippen molar-refractivity contribution in [3.05, 3.63) is 51.2 Å². The molecule has 148 valence electrons. The number of aliphatic carboxylic acids is 1. The second kappa shape index (κ2) is 7.82. The average Bonchev–Trinajstić information content (AvgIpc) is 3.39. The number of halogens is 3. The number of hydrogen-bond acceptors (Lipinski definition) is 7. The monoisotopic (exact) mass is 453 g/mol. The van der Waals surface area contributed by atoms with Crippen molar-refractivity contribution < 1.29 is 14.4 Å². The fourth-order valence-electron chi connectivity index (χ4n) is 2.50. The third-order valence-electron chi connectivity index (χ3n) is 3.74. The molecule has 0 saturated carbocycles. The molecule has 0 aliphatic carbocycles. The quantitative estimate of drug-likeness (QED) is 0.440. The predicted molar refractivity (Wildman–Crippen MR) is 103 cm³/mol. The summed E-state index contributed by atoms with van der Waals surface area (Å²) in [6, 6.07) is 4.96. The maximum atomic E-state index is 10.7. The highest BCUT2D eigenvalue weighted by Crippen LogP contribution is 2.31. The van der Waals surface area contributed by atoms with Crippen LogP contribution in [0, 0.1) is 0 Å². The molecule has 10 nitrogen and oxygen atoms in total. The lowest BCUT2D eigenvalue weighted by Gasteiger charge is -2.05. The van der Waals surface area contributed by atoms with E-state index in [1.54, 1.807) is 29.1 Å². The summed E-state index contributed by atoms with van der Waals surface area (Å²) in [5.41, 5.74) is 1.53. The van der Waals surface area contributed by atoms with Crippen LogP contribution in [-0.2, 0) is 17.9 Å². The first-order valence-electron chi connectivity index (χ1n) is 8.02. The number of aromatic nitrogens is 7. The minimum absolute atomic E-state index is 0.134. The van der Waals surface area contributed by atoms with Crippen LogP contribution in [0.15, 0.2) is 35.1 Å². The number of carboxylic acid groups (broad SMARTS) is 1. The highest BCUT2D eigenvalue weighted by atomic mass is 35.5. The zero-order chi connectivity index (χ0) is 20.5. The van der Waals surface area contributed by atoms with Crippen molar-refractivity contribution in [2.45, 2.75) is 13.1 Å². The summed E-state index contributed by atoms with van der Waals surface area (Å²) in [6.45, 7) is 0.0853. The SMILES string of the molecule is O=C(O)Cn1ccc(-c2nc(-c3cn(Cc4cc(Cl)c(Cl)c(Cl)c4)nn3)no2)n1. The van der Waals surface area contributed by atoms with Crippen molar-refractivity contribution in [3.8, 4) is 23.1 Å². The first-order valence-corrected chi connectivity index (χ1v) is 9.15. The summed E-state index contributed by atoms with van der Waals surface area (Å²) in [4.78, 5) is 15.0. The number of benzene rings is 1. The van der Waals surface area contributed by atoms with Crippen molar-refractivity contribution in [3.63, 3.8) is 0 Å². The molecule has 0 radical (unpaired) electrons. The van der Waals surface area contributed by atoms with Crippen molar-refractivity contribution in [1.82, 2.24) is 34.9 Å². The predicted octanol–water partition coefficient (Wildman–Crippen LogP) is 3.28. The number of rotatable bonds is 6. The van der Waals surface area contributed by atoms with Crippen LogP contribution in [0.1, 0.15) is 5.56 Å². The van der Waals surface area contributed by atoms with Crippen LogP contribution in [0.5, 0.6) is 0 Å². The molecule has 3 aromatic heterocycles. The Morgan fingerprint density at radius 2 is 1.90 bits per heavy atom. The van der Waals surface area contributed by atoms with Crippen LogP contribution in [0.3, 0.4) is 0 Å². The molecular weight excluding hydrogens is 445 g/mol. The maximum absolute atomic E-state index is 10.7.